The van der Waals surface area contributed by atoms with Gasteiger partial charge in [-0.15, -0.1) is 11.3 Å². The Kier molecular flexibility index (Phi) is 3.44. The van der Waals surface area contributed by atoms with Crippen LogP contribution in [0, 0.1) is 18.3 Å². The fourth-order valence-corrected chi connectivity index (χ4v) is 2.44. The molecule has 7 heteroatoms. The highest BCUT2D eigenvalue weighted by Gasteiger charge is 2.11. The topological polar surface area (TPSA) is 113 Å². The summed E-state index contributed by atoms with van der Waals surface area (Å²) in [5.41, 5.74) is 6.63. The molecule has 0 spiro atoms. The number of thiazole rings is 1. The molecule has 0 aliphatic rings. The third kappa shape index (κ3) is 2.69. The number of nitriles is 1. The van der Waals surface area contributed by atoms with Crippen LogP contribution in [0.4, 0.5) is 0 Å². The number of H-pyrrole nitrogens is 1. The van der Waals surface area contributed by atoms with Crippen molar-refractivity contribution in [3.05, 3.63) is 38.1 Å². The number of hydrogen-bond acceptors (Lipinski definition) is 5. The molecular formula is C12H10N4O2S. The summed E-state index contributed by atoms with van der Waals surface area (Å²) >= 11 is 1.31. The Hall–Kier alpha value is -2.46. The Morgan fingerprint density at radius 2 is 2.37 bits per heavy atom. The number of nitrogens with one attached hydrogen (secondary N) is 1. The number of primary amides is 1. The van der Waals surface area contributed by atoms with Gasteiger partial charge in [0.2, 0.25) is 5.91 Å². The molecule has 0 aromatic carbocycles. The zero-order chi connectivity index (χ0) is 14.0. The molecule has 0 aliphatic heterocycles. The van der Waals surface area contributed by atoms with Gasteiger partial charge < -0.3 is 10.7 Å². The first-order valence-corrected chi connectivity index (χ1v) is 6.26. The lowest BCUT2D eigenvalue weighted by atomic mass is 10.1. The van der Waals surface area contributed by atoms with Crippen molar-refractivity contribution in [2.24, 2.45) is 5.73 Å². The van der Waals surface area contributed by atoms with Crippen LogP contribution in [0.1, 0.15) is 16.3 Å². The van der Waals surface area contributed by atoms with Crippen LogP contribution in [0.15, 0.2) is 16.2 Å². The fraction of sp³-hybridized carbons (Fsp3) is 0.167. The zero-order valence-electron chi connectivity index (χ0n) is 10.1. The van der Waals surface area contributed by atoms with E-state index >= 15 is 0 Å². The zero-order valence-corrected chi connectivity index (χ0v) is 10.9. The van der Waals surface area contributed by atoms with Crippen molar-refractivity contribution >= 4 is 17.2 Å². The van der Waals surface area contributed by atoms with E-state index in [9.17, 15) is 9.59 Å². The lowest BCUT2D eigenvalue weighted by molar-refractivity contribution is -0.117. The van der Waals surface area contributed by atoms with Gasteiger partial charge in [0.1, 0.15) is 16.6 Å². The number of nitrogens with zero attached hydrogens (tertiary/aromatic N) is 2. The molecule has 0 atom stereocenters. The van der Waals surface area contributed by atoms with Crippen LogP contribution in [0.5, 0.6) is 0 Å². The number of aromatic nitrogens is 2. The summed E-state index contributed by atoms with van der Waals surface area (Å²) in [6, 6.07) is 3.33. The van der Waals surface area contributed by atoms with Gasteiger partial charge in [-0.1, -0.05) is 0 Å². The first-order chi connectivity index (χ1) is 9.01. The largest absolute Gasteiger partial charge is 0.369 e. The van der Waals surface area contributed by atoms with E-state index in [0.717, 1.165) is 0 Å². The smallest absolute Gasteiger partial charge is 0.266 e. The molecular weight excluding hydrogens is 264 g/mol. The number of carbonyl (C=O) groups excluding carboxylic acids is 1. The number of pyridine rings is 1. The highest BCUT2D eigenvalue weighted by atomic mass is 32.1. The molecule has 19 heavy (non-hydrogen) atoms. The summed E-state index contributed by atoms with van der Waals surface area (Å²) in [5, 5.41) is 11.2. The molecule has 0 saturated carbocycles. The number of rotatable bonds is 3. The number of nitrogens with two attached hydrogens (primary N) is 1. The number of aryl methyl sites for hydroxylation is 1. The van der Waals surface area contributed by atoms with E-state index in [1.54, 1.807) is 12.3 Å². The van der Waals surface area contributed by atoms with Gasteiger partial charge in [0, 0.05) is 16.6 Å². The van der Waals surface area contributed by atoms with Gasteiger partial charge in [-0.2, -0.15) is 5.26 Å². The maximum absolute atomic E-state index is 11.4. The minimum Gasteiger partial charge on any atom is -0.369 e. The van der Waals surface area contributed by atoms with Crippen molar-refractivity contribution in [1.82, 2.24) is 9.97 Å². The molecule has 0 saturated heterocycles. The van der Waals surface area contributed by atoms with Gasteiger partial charge in [0.25, 0.3) is 5.56 Å². The summed E-state index contributed by atoms with van der Waals surface area (Å²) in [6.07, 6.45) is 0.0815. The van der Waals surface area contributed by atoms with Crippen LogP contribution in [-0.2, 0) is 11.2 Å². The van der Waals surface area contributed by atoms with Crippen molar-refractivity contribution in [1.29, 1.82) is 5.26 Å². The van der Waals surface area contributed by atoms with Gasteiger partial charge in [-0.05, 0) is 13.0 Å². The minimum atomic E-state index is -0.447. The van der Waals surface area contributed by atoms with Crippen molar-refractivity contribution < 1.29 is 4.79 Å². The van der Waals surface area contributed by atoms with Gasteiger partial charge in [0.15, 0.2) is 0 Å². The molecule has 2 heterocycles. The molecule has 2 aromatic heterocycles. The SMILES string of the molecule is Cc1[nH]c(=O)c(C#N)cc1-c1csc(CC(N)=O)n1. The summed E-state index contributed by atoms with van der Waals surface area (Å²) in [4.78, 5) is 29.1. The van der Waals surface area contributed by atoms with Crippen LogP contribution in [0.25, 0.3) is 11.3 Å². The molecule has 3 N–H and O–H groups in total. The van der Waals surface area contributed by atoms with Crippen LogP contribution in [-0.4, -0.2) is 15.9 Å². The van der Waals surface area contributed by atoms with E-state index in [1.807, 2.05) is 6.07 Å². The Bertz CT molecular complexity index is 739. The summed E-state index contributed by atoms with van der Waals surface area (Å²) in [7, 11) is 0. The van der Waals surface area contributed by atoms with Gasteiger partial charge in [0.05, 0.1) is 12.1 Å². The Balaban J connectivity index is 2.47. The van der Waals surface area contributed by atoms with Crippen LogP contribution < -0.4 is 11.3 Å². The highest BCUT2D eigenvalue weighted by Crippen LogP contribution is 2.24. The van der Waals surface area contributed by atoms with Gasteiger partial charge in [-0.25, -0.2) is 4.98 Å². The quantitative estimate of drug-likeness (QED) is 0.857. The summed E-state index contributed by atoms with van der Waals surface area (Å²) in [5.74, 6) is -0.447. The maximum atomic E-state index is 11.4. The predicted octanol–water partition coefficient (Wildman–Crippen LogP) is 0.706. The standard InChI is InChI=1S/C12H10N4O2S/c1-6-8(2-7(4-13)12(18)15-6)9-5-19-11(16-9)3-10(14)17/h2,5H,3H2,1H3,(H2,14,17)(H,15,18). The number of carbonyl (C=O) groups is 1. The Morgan fingerprint density at radius 1 is 1.63 bits per heavy atom. The number of hydrogen-bond donors (Lipinski definition) is 2. The molecule has 0 radical (unpaired) electrons. The van der Waals surface area contributed by atoms with Crippen molar-refractivity contribution in [3.8, 4) is 17.3 Å². The van der Waals surface area contributed by atoms with Crippen LogP contribution in [0.2, 0.25) is 0 Å². The summed E-state index contributed by atoms with van der Waals surface area (Å²) < 4.78 is 0. The summed E-state index contributed by atoms with van der Waals surface area (Å²) in [6.45, 7) is 1.73. The molecule has 2 aromatic rings. The number of amides is 1. The molecule has 0 bridgehead atoms. The fourth-order valence-electron chi connectivity index (χ4n) is 1.64. The highest BCUT2D eigenvalue weighted by molar-refractivity contribution is 7.10. The Labute approximate surface area is 112 Å². The molecule has 0 aliphatic carbocycles. The van der Waals surface area contributed by atoms with Crippen molar-refractivity contribution in [2.45, 2.75) is 13.3 Å². The van der Waals surface area contributed by atoms with E-state index in [1.165, 1.54) is 17.4 Å². The first kappa shape index (κ1) is 13.0. The lowest BCUT2D eigenvalue weighted by Gasteiger charge is -2.02. The Morgan fingerprint density at radius 3 is 3.00 bits per heavy atom. The van der Waals surface area contributed by atoms with E-state index < -0.39 is 11.5 Å². The normalized spacial score (nSPS) is 10.1. The van der Waals surface area contributed by atoms with Crippen molar-refractivity contribution in [3.63, 3.8) is 0 Å². The second-order valence-electron chi connectivity index (χ2n) is 3.93. The van der Waals surface area contributed by atoms with Crippen LogP contribution >= 0.6 is 11.3 Å². The third-order valence-electron chi connectivity index (χ3n) is 2.51. The van der Waals surface area contributed by atoms with E-state index in [4.69, 9.17) is 11.0 Å². The molecule has 6 nitrogen and oxygen atoms in total. The maximum Gasteiger partial charge on any atom is 0.266 e. The molecule has 1 amide bonds. The average molecular weight is 274 g/mol. The number of aromatic amines is 1. The molecule has 0 fully saturated rings. The monoisotopic (exact) mass is 274 g/mol. The van der Waals surface area contributed by atoms with Gasteiger partial charge in [-0.3, -0.25) is 9.59 Å². The van der Waals surface area contributed by atoms with E-state index in [-0.39, 0.29) is 12.0 Å². The van der Waals surface area contributed by atoms with E-state index in [2.05, 4.69) is 9.97 Å². The van der Waals surface area contributed by atoms with E-state index in [0.29, 0.717) is 22.0 Å². The second kappa shape index (κ2) is 5.04. The average Bonchev–Trinajstić information content (AvgIpc) is 2.76. The molecule has 0 unspecified atom stereocenters. The van der Waals surface area contributed by atoms with Crippen LogP contribution in [0.3, 0.4) is 0 Å². The minimum absolute atomic E-state index is 0.0325. The third-order valence-corrected chi connectivity index (χ3v) is 3.36. The molecule has 2 rings (SSSR count). The van der Waals surface area contributed by atoms with Gasteiger partial charge >= 0.3 is 0 Å². The predicted molar refractivity (Wildman–Crippen MR) is 70.5 cm³/mol. The lowest BCUT2D eigenvalue weighted by Crippen LogP contribution is -2.13. The van der Waals surface area contributed by atoms with Crippen molar-refractivity contribution in [2.75, 3.05) is 0 Å². The first-order valence-electron chi connectivity index (χ1n) is 5.38. The second-order valence-corrected chi connectivity index (χ2v) is 4.87. The molecule has 96 valence electrons.